The zero-order valence-corrected chi connectivity index (χ0v) is 15.4. The molecule has 2 aliphatic heterocycles. The van der Waals surface area contributed by atoms with Crippen LogP contribution < -0.4 is 4.74 Å². The molecule has 1 saturated heterocycles. The second kappa shape index (κ2) is 7.50. The zero-order valence-electron chi connectivity index (χ0n) is 15.4. The highest BCUT2D eigenvalue weighted by molar-refractivity contribution is 5.82. The first kappa shape index (κ1) is 17.1. The fraction of sp³-hybridized carbons (Fsp3) is 0.409. The lowest BCUT2D eigenvalue weighted by molar-refractivity contribution is -0.137. The topological polar surface area (TPSA) is 32.8 Å². The number of rotatable bonds is 3. The minimum Gasteiger partial charge on any atom is -0.480 e. The SMILES string of the molecule is Cc1ccccc1CN1CCCN(C(=O)[C@@H]2Cc3ccccc3O2)CC1. The number of fused-ring (bicyclic) bond motifs is 1. The van der Waals surface area contributed by atoms with E-state index in [1.165, 1.54) is 11.1 Å². The van der Waals surface area contributed by atoms with Crippen molar-refractivity contribution in [1.82, 2.24) is 9.80 Å². The van der Waals surface area contributed by atoms with Gasteiger partial charge in [0.2, 0.25) is 0 Å². The summed E-state index contributed by atoms with van der Waals surface area (Å²) in [5.41, 5.74) is 3.85. The molecule has 1 amide bonds. The molecule has 0 unspecified atom stereocenters. The van der Waals surface area contributed by atoms with E-state index in [1.54, 1.807) is 0 Å². The van der Waals surface area contributed by atoms with Gasteiger partial charge in [-0.3, -0.25) is 9.69 Å². The molecule has 26 heavy (non-hydrogen) atoms. The van der Waals surface area contributed by atoms with Crippen LogP contribution in [-0.2, 0) is 17.8 Å². The number of benzene rings is 2. The molecule has 4 rings (SSSR count). The largest absolute Gasteiger partial charge is 0.480 e. The quantitative estimate of drug-likeness (QED) is 0.853. The summed E-state index contributed by atoms with van der Waals surface area (Å²) in [6, 6.07) is 16.5. The van der Waals surface area contributed by atoms with E-state index >= 15 is 0 Å². The third kappa shape index (κ3) is 3.61. The Labute approximate surface area is 155 Å². The monoisotopic (exact) mass is 350 g/mol. The van der Waals surface area contributed by atoms with Gasteiger partial charge in [-0.25, -0.2) is 0 Å². The first-order valence-corrected chi connectivity index (χ1v) is 9.51. The van der Waals surface area contributed by atoms with Gasteiger partial charge in [-0.15, -0.1) is 0 Å². The van der Waals surface area contributed by atoms with Crippen LogP contribution in [0.5, 0.6) is 5.75 Å². The van der Waals surface area contributed by atoms with Crippen LogP contribution in [0.4, 0.5) is 0 Å². The van der Waals surface area contributed by atoms with Crippen LogP contribution in [0.3, 0.4) is 0 Å². The van der Waals surface area contributed by atoms with Crippen molar-refractivity contribution in [3.05, 3.63) is 65.2 Å². The smallest absolute Gasteiger partial charge is 0.264 e. The van der Waals surface area contributed by atoms with E-state index in [1.807, 2.05) is 23.1 Å². The van der Waals surface area contributed by atoms with Gasteiger partial charge in [0.15, 0.2) is 6.10 Å². The average Bonchev–Trinajstić information content (AvgIpc) is 2.96. The highest BCUT2D eigenvalue weighted by atomic mass is 16.5. The van der Waals surface area contributed by atoms with Gasteiger partial charge in [-0.1, -0.05) is 42.5 Å². The van der Waals surface area contributed by atoms with Crippen LogP contribution in [0.25, 0.3) is 0 Å². The van der Waals surface area contributed by atoms with Crippen molar-refractivity contribution in [2.75, 3.05) is 26.2 Å². The third-order valence-corrected chi connectivity index (χ3v) is 5.48. The fourth-order valence-corrected chi connectivity index (χ4v) is 3.90. The van der Waals surface area contributed by atoms with Gasteiger partial charge < -0.3 is 9.64 Å². The van der Waals surface area contributed by atoms with E-state index in [-0.39, 0.29) is 12.0 Å². The van der Waals surface area contributed by atoms with Gasteiger partial charge >= 0.3 is 0 Å². The summed E-state index contributed by atoms with van der Waals surface area (Å²) in [5.74, 6) is 1.00. The van der Waals surface area contributed by atoms with Crippen molar-refractivity contribution in [2.24, 2.45) is 0 Å². The Balaban J connectivity index is 1.35. The van der Waals surface area contributed by atoms with Crippen molar-refractivity contribution >= 4 is 5.91 Å². The van der Waals surface area contributed by atoms with Crippen LogP contribution >= 0.6 is 0 Å². The summed E-state index contributed by atoms with van der Waals surface area (Å²) in [6.07, 6.45) is 1.35. The van der Waals surface area contributed by atoms with Crippen LogP contribution in [0, 0.1) is 6.92 Å². The van der Waals surface area contributed by atoms with Crippen molar-refractivity contribution in [1.29, 1.82) is 0 Å². The highest BCUT2D eigenvalue weighted by Gasteiger charge is 2.32. The Morgan fingerprint density at radius 1 is 1.04 bits per heavy atom. The Bertz CT molecular complexity index is 764. The Morgan fingerprint density at radius 2 is 1.85 bits per heavy atom. The van der Waals surface area contributed by atoms with E-state index in [0.29, 0.717) is 6.42 Å². The maximum atomic E-state index is 12.9. The molecule has 0 bridgehead atoms. The first-order valence-electron chi connectivity index (χ1n) is 9.51. The number of aryl methyl sites for hydroxylation is 1. The number of para-hydroxylation sites is 1. The standard InChI is InChI=1S/C22H26N2O2/c1-17-7-2-3-9-19(17)16-23-11-6-12-24(14-13-23)22(25)21-15-18-8-4-5-10-20(18)26-21/h2-5,7-10,21H,6,11-16H2,1H3/t21-/m0/s1. The lowest BCUT2D eigenvalue weighted by Crippen LogP contribution is -2.43. The van der Waals surface area contributed by atoms with E-state index in [2.05, 4.69) is 42.2 Å². The predicted molar refractivity (Wildman–Crippen MR) is 102 cm³/mol. The number of nitrogens with zero attached hydrogens (tertiary/aromatic N) is 2. The number of amides is 1. The van der Waals surface area contributed by atoms with Crippen molar-refractivity contribution in [3.63, 3.8) is 0 Å². The molecule has 4 heteroatoms. The molecule has 0 aliphatic carbocycles. The lowest BCUT2D eigenvalue weighted by atomic mass is 10.1. The minimum atomic E-state index is -0.352. The summed E-state index contributed by atoms with van der Waals surface area (Å²) in [4.78, 5) is 17.4. The highest BCUT2D eigenvalue weighted by Crippen LogP contribution is 2.29. The summed E-state index contributed by atoms with van der Waals surface area (Å²) in [7, 11) is 0. The molecular weight excluding hydrogens is 324 g/mol. The maximum Gasteiger partial charge on any atom is 0.264 e. The fourth-order valence-electron chi connectivity index (χ4n) is 3.90. The molecule has 2 aromatic carbocycles. The molecule has 4 nitrogen and oxygen atoms in total. The summed E-state index contributed by atoms with van der Waals surface area (Å²) in [6.45, 7) is 6.67. The van der Waals surface area contributed by atoms with Gasteiger partial charge in [0.25, 0.3) is 5.91 Å². The van der Waals surface area contributed by atoms with Gasteiger partial charge in [0, 0.05) is 39.1 Å². The molecule has 0 saturated carbocycles. The molecule has 0 radical (unpaired) electrons. The first-order chi connectivity index (χ1) is 12.7. The average molecular weight is 350 g/mol. The van der Waals surface area contributed by atoms with Crippen LogP contribution in [0.15, 0.2) is 48.5 Å². The normalized spacial score (nSPS) is 20.3. The van der Waals surface area contributed by atoms with Gasteiger partial charge in [0.05, 0.1) is 0 Å². The van der Waals surface area contributed by atoms with Crippen molar-refractivity contribution in [3.8, 4) is 5.75 Å². The van der Waals surface area contributed by atoms with Crippen molar-refractivity contribution in [2.45, 2.75) is 32.4 Å². The maximum absolute atomic E-state index is 12.9. The van der Waals surface area contributed by atoms with Crippen molar-refractivity contribution < 1.29 is 9.53 Å². The Kier molecular flexibility index (Phi) is 4.93. The molecule has 2 heterocycles. The Hall–Kier alpha value is -2.33. The molecule has 2 aromatic rings. The van der Waals surface area contributed by atoms with Crippen LogP contribution in [-0.4, -0.2) is 48.0 Å². The predicted octanol–water partition coefficient (Wildman–Crippen LogP) is 3.03. The Morgan fingerprint density at radius 3 is 2.69 bits per heavy atom. The summed E-state index contributed by atoms with van der Waals surface area (Å²) >= 11 is 0. The molecule has 0 spiro atoms. The zero-order chi connectivity index (χ0) is 17.9. The number of carbonyl (C=O) groups is 1. The summed E-state index contributed by atoms with van der Waals surface area (Å²) in [5, 5.41) is 0. The molecule has 2 aliphatic rings. The molecule has 0 aromatic heterocycles. The minimum absolute atomic E-state index is 0.138. The number of carbonyl (C=O) groups excluding carboxylic acids is 1. The van der Waals surface area contributed by atoms with Gasteiger partial charge in [-0.2, -0.15) is 0 Å². The molecular formula is C22H26N2O2. The second-order valence-corrected chi connectivity index (χ2v) is 7.30. The molecule has 1 fully saturated rings. The van der Waals surface area contributed by atoms with Gasteiger partial charge in [0.1, 0.15) is 5.75 Å². The van der Waals surface area contributed by atoms with E-state index < -0.39 is 0 Å². The lowest BCUT2D eigenvalue weighted by Gasteiger charge is -2.24. The molecule has 136 valence electrons. The molecule has 0 N–H and O–H groups in total. The number of hydrogen-bond donors (Lipinski definition) is 0. The van der Waals surface area contributed by atoms with Crippen LogP contribution in [0.2, 0.25) is 0 Å². The number of hydrogen-bond acceptors (Lipinski definition) is 3. The van der Waals surface area contributed by atoms with Gasteiger partial charge in [-0.05, 0) is 36.1 Å². The van der Waals surface area contributed by atoms with Crippen LogP contribution in [0.1, 0.15) is 23.1 Å². The summed E-state index contributed by atoms with van der Waals surface area (Å²) < 4.78 is 5.90. The number of ether oxygens (including phenoxy) is 1. The van der Waals surface area contributed by atoms with E-state index in [9.17, 15) is 4.79 Å². The third-order valence-electron chi connectivity index (χ3n) is 5.48. The van der Waals surface area contributed by atoms with E-state index in [4.69, 9.17) is 4.74 Å². The van der Waals surface area contributed by atoms with E-state index in [0.717, 1.165) is 50.5 Å². The second-order valence-electron chi connectivity index (χ2n) is 7.30. The molecule has 1 atom stereocenters.